The summed E-state index contributed by atoms with van der Waals surface area (Å²) in [7, 11) is -4.34. The van der Waals surface area contributed by atoms with Crippen LogP contribution in [0.2, 0.25) is 0 Å². The van der Waals surface area contributed by atoms with Crippen LogP contribution in [0, 0.1) is 0 Å². The first-order chi connectivity index (χ1) is 5.95. The Bertz CT molecular complexity index is 248. The van der Waals surface area contributed by atoms with Gasteiger partial charge in [-0.05, 0) is 6.42 Å². The summed E-state index contributed by atoms with van der Waals surface area (Å²) >= 11 is 0. The molecule has 0 aromatic rings. The minimum atomic E-state index is -4.34. The van der Waals surface area contributed by atoms with Crippen molar-refractivity contribution in [2.24, 2.45) is 0 Å². The topological polar surface area (TPSA) is 92.7 Å². The van der Waals surface area contributed by atoms with Gasteiger partial charge in [0.05, 0.1) is 6.61 Å². The lowest BCUT2D eigenvalue weighted by molar-refractivity contribution is -0.120. The molecule has 0 radical (unpaired) electrons. The van der Waals surface area contributed by atoms with Crippen molar-refractivity contribution in [3.05, 3.63) is 0 Å². The Balaban J connectivity index is 3.33. The molecular weight excluding hydrogens is 198 g/mol. The Kier molecular flexibility index (Phi) is 5.60. The minimum absolute atomic E-state index is 0.105. The Labute approximate surface area is 77.2 Å². The van der Waals surface area contributed by atoms with Gasteiger partial charge in [0.25, 0.3) is 0 Å². The zero-order valence-corrected chi connectivity index (χ0v) is 8.13. The highest BCUT2D eigenvalue weighted by molar-refractivity contribution is 7.80. The molecule has 2 N–H and O–H groups in total. The average molecular weight is 211 g/mol. The summed E-state index contributed by atoms with van der Waals surface area (Å²) in [5.41, 5.74) is 0. The minimum Gasteiger partial charge on any atom is -0.356 e. The molecule has 0 rings (SSSR count). The zero-order valence-electron chi connectivity index (χ0n) is 7.32. The number of amides is 1. The van der Waals surface area contributed by atoms with Crippen LogP contribution >= 0.6 is 0 Å². The van der Waals surface area contributed by atoms with Gasteiger partial charge in [-0.3, -0.25) is 9.35 Å². The van der Waals surface area contributed by atoms with Crippen molar-refractivity contribution in [3.63, 3.8) is 0 Å². The van der Waals surface area contributed by atoms with Crippen LogP contribution in [0.25, 0.3) is 0 Å². The quantitative estimate of drug-likeness (QED) is 0.465. The first-order valence-electron chi connectivity index (χ1n) is 3.84. The Morgan fingerprint density at radius 2 is 2.15 bits per heavy atom. The zero-order chi connectivity index (χ0) is 10.3. The second-order valence-electron chi connectivity index (χ2n) is 2.31. The first-order valence-corrected chi connectivity index (χ1v) is 5.20. The molecule has 1 amide bonds. The van der Waals surface area contributed by atoms with E-state index in [1.54, 1.807) is 6.92 Å². The van der Waals surface area contributed by atoms with Gasteiger partial charge in [-0.15, -0.1) is 0 Å². The van der Waals surface area contributed by atoms with E-state index in [0.29, 0.717) is 19.4 Å². The lowest BCUT2D eigenvalue weighted by Gasteiger charge is -2.02. The van der Waals surface area contributed by atoms with Crippen molar-refractivity contribution in [3.8, 4) is 0 Å². The highest BCUT2D eigenvalue weighted by Crippen LogP contribution is 1.88. The van der Waals surface area contributed by atoms with E-state index in [0.717, 1.165) is 0 Å². The number of hydrogen-bond donors (Lipinski definition) is 2. The van der Waals surface area contributed by atoms with E-state index < -0.39 is 10.4 Å². The van der Waals surface area contributed by atoms with Crippen LogP contribution in [0.15, 0.2) is 0 Å². The molecule has 0 aliphatic heterocycles. The third kappa shape index (κ3) is 9.25. The maximum Gasteiger partial charge on any atom is 0.397 e. The summed E-state index contributed by atoms with van der Waals surface area (Å²) < 4.78 is 32.2. The third-order valence-electron chi connectivity index (χ3n) is 1.20. The van der Waals surface area contributed by atoms with Gasteiger partial charge in [-0.2, -0.15) is 8.42 Å². The molecule has 0 atom stereocenters. The van der Waals surface area contributed by atoms with E-state index in [2.05, 4.69) is 9.50 Å². The largest absolute Gasteiger partial charge is 0.397 e. The first kappa shape index (κ1) is 12.3. The number of carbonyl (C=O) groups is 1. The average Bonchev–Trinajstić information content (AvgIpc) is 2.01. The second-order valence-corrected chi connectivity index (χ2v) is 3.40. The lowest BCUT2D eigenvalue weighted by atomic mass is 10.4. The predicted molar refractivity (Wildman–Crippen MR) is 45.4 cm³/mol. The maximum atomic E-state index is 10.7. The van der Waals surface area contributed by atoms with Gasteiger partial charge in [-0.25, -0.2) is 4.18 Å². The Hall–Kier alpha value is -0.660. The van der Waals surface area contributed by atoms with Crippen LogP contribution in [0.3, 0.4) is 0 Å². The van der Waals surface area contributed by atoms with Gasteiger partial charge in [0.15, 0.2) is 0 Å². The van der Waals surface area contributed by atoms with Crippen molar-refractivity contribution >= 4 is 16.3 Å². The molecule has 0 aliphatic rings. The van der Waals surface area contributed by atoms with Gasteiger partial charge >= 0.3 is 10.4 Å². The molecule has 0 fully saturated rings. The van der Waals surface area contributed by atoms with E-state index in [1.807, 2.05) is 0 Å². The highest BCUT2D eigenvalue weighted by atomic mass is 32.3. The summed E-state index contributed by atoms with van der Waals surface area (Å²) in [5, 5.41) is 2.52. The van der Waals surface area contributed by atoms with Gasteiger partial charge in [0.2, 0.25) is 5.91 Å². The fraction of sp³-hybridized carbons (Fsp3) is 0.833. The molecule has 0 aliphatic carbocycles. The van der Waals surface area contributed by atoms with Crippen molar-refractivity contribution in [2.45, 2.75) is 19.8 Å². The van der Waals surface area contributed by atoms with Crippen molar-refractivity contribution in [1.29, 1.82) is 0 Å². The van der Waals surface area contributed by atoms with Gasteiger partial charge in [0.1, 0.15) is 0 Å². The molecule has 6 nitrogen and oxygen atoms in total. The van der Waals surface area contributed by atoms with Crippen LogP contribution < -0.4 is 5.32 Å². The number of nitrogens with one attached hydrogen (secondary N) is 1. The monoisotopic (exact) mass is 211 g/mol. The normalized spacial score (nSPS) is 11.2. The summed E-state index contributed by atoms with van der Waals surface area (Å²) in [5.74, 6) is -0.105. The summed E-state index contributed by atoms with van der Waals surface area (Å²) in [6, 6.07) is 0. The van der Waals surface area contributed by atoms with Gasteiger partial charge in [-0.1, -0.05) is 6.92 Å². The predicted octanol–water partition coefficient (Wildman–Crippen LogP) is -0.278. The Morgan fingerprint density at radius 1 is 1.54 bits per heavy atom. The molecule has 0 aromatic carbocycles. The Morgan fingerprint density at radius 3 is 2.62 bits per heavy atom. The molecular formula is C6H13NO5S. The van der Waals surface area contributed by atoms with Crippen molar-refractivity contribution in [1.82, 2.24) is 5.32 Å². The molecule has 13 heavy (non-hydrogen) atoms. The lowest BCUT2D eigenvalue weighted by Crippen LogP contribution is -2.24. The number of rotatable bonds is 6. The molecule has 0 saturated heterocycles. The number of hydrogen-bond acceptors (Lipinski definition) is 4. The molecule has 0 bridgehead atoms. The van der Waals surface area contributed by atoms with Crippen LogP contribution in [0.1, 0.15) is 19.8 Å². The van der Waals surface area contributed by atoms with E-state index in [9.17, 15) is 13.2 Å². The molecule has 0 unspecified atom stereocenters. The van der Waals surface area contributed by atoms with E-state index in [-0.39, 0.29) is 12.5 Å². The summed E-state index contributed by atoms with van der Waals surface area (Å²) in [4.78, 5) is 10.7. The van der Waals surface area contributed by atoms with Crippen molar-refractivity contribution < 1.29 is 21.9 Å². The number of carbonyl (C=O) groups excluding carboxylic acids is 1. The second kappa shape index (κ2) is 5.90. The summed E-state index contributed by atoms with van der Waals surface area (Å²) in [6.07, 6.45) is 0.727. The van der Waals surface area contributed by atoms with Crippen LogP contribution in [-0.2, 0) is 19.4 Å². The highest BCUT2D eigenvalue weighted by Gasteiger charge is 2.03. The van der Waals surface area contributed by atoms with Gasteiger partial charge < -0.3 is 5.32 Å². The molecule has 0 heterocycles. The van der Waals surface area contributed by atoms with E-state index in [1.165, 1.54) is 0 Å². The van der Waals surface area contributed by atoms with Crippen LogP contribution in [0.5, 0.6) is 0 Å². The molecule has 0 aromatic heterocycles. The molecule has 7 heteroatoms. The molecule has 78 valence electrons. The molecule has 0 spiro atoms. The van der Waals surface area contributed by atoms with Crippen LogP contribution in [-0.4, -0.2) is 32.0 Å². The summed E-state index contributed by atoms with van der Waals surface area (Å²) in [6.45, 7) is 1.91. The SMILES string of the molecule is CCC(=O)NCCCOS(=O)(=O)O. The van der Waals surface area contributed by atoms with Crippen LogP contribution in [0.4, 0.5) is 0 Å². The third-order valence-corrected chi connectivity index (χ3v) is 1.66. The standard InChI is InChI=1S/C6H13NO5S/c1-2-6(8)7-4-3-5-12-13(9,10)11/h2-5H2,1H3,(H,7,8)(H,9,10,11). The van der Waals surface area contributed by atoms with Gasteiger partial charge in [0, 0.05) is 13.0 Å². The fourth-order valence-electron chi connectivity index (χ4n) is 0.589. The van der Waals surface area contributed by atoms with Crippen molar-refractivity contribution in [2.75, 3.05) is 13.2 Å². The van der Waals surface area contributed by atoms with E-state index in [4.69, 9.17) is 4.55 Å². The van der Waals surface area contributed by atoms with E-state index >= 15 is 0 Å². The molecule has 0 saturated carbocycles. The smallest absolute Gasteiger partial charge is 0.356 e. The maximum absolute atomic E-state index is 10.7. The fourth-order valence-corrected chi connectivity index (χ4v) is 0.918.